The Morgan fingerprint density at radius 2 is 1.86 bits per heavy atom. The quantitative estimate of drug-likeness (QED) is 0.364. The van der Waals surface area contributed by atoms with Gasteiger partial charge in [0.2, 0.25) is 0 Å². The maximum atomic E-state index is 9.01. The summed E-state index contributed by atoms with van der Waals surface area (Å²) < 4.78 is 0. The van der Waals surface area contributed by atoms with Crippen molar-refractivity contribution >= 4 is 29.0 Å². The summed E-state index contributed by atoms with van der Waals surface area (Å²) >= 11 is 0. The molecule has 0 unspecified atom stereocenters. The summed E-state index contributed by atoms with van der Waals surface area (Å²) in [5.74, 6) is -1.44. The molecule has 3 nitrogen and oxygen atoms in total. The summed E-state index contributed by atoms with van der Waals surface area (Å²) in [4.78, 5) is 9.01. The molecule has 38 valence electrons. The van der Waals surface area contributed by atoms with E-state index in [0.29, 0.717) is 0 Å². The number of carboxylic acid groups (broad SMARTS) is 1. The van der Waals surface area contributed by atoms with Crippen LogP contribution >= 0.6 is 0 Å². The molecule has 0 aliphatic carbocycles. The van der Waals surface area contributed by atoms with E-state index >= 15 is 0 Å². The molecule has 0 aromatic heterocycles. The van der Waals surface area contributed by atoms with Gasteiger partial charge in [0.05, 0.1) is 12.6 Å². The first-order valence-electron chi connectivity index (χ1n) is 1.08. The minimum absolute atomic E-state index is 0. The number of aliphatic hydroxyl groups excluding tert-OH is 1. The number of halogens is 1. The Kier molecular flexibility index (Phi) is 21.7. The second-order valence-corrected chi connectivity index (χ2v) is 0.530. The van der Waals surface area contributed by atoms with Crippen LogP contribution in [0.2, 0.25) is 0 Å². The van der Waals surface area contributed by atoms with Crippen molar-refractivity contribution < 1.29 is 27.4 Å². The summed E-state index contributed by atoms with van der Waals surface area (Å²) in [5.41, 5.74) is 0. The molecule has 0 fully saturated rings. The predicted molar refractivity (Wildman–Crippen MR) is 17.8 cm³/mol. The largest absolute Gasteiger partial charge is 2.00 e. The molecule has 0 amide bonds. The zero-order chi connectivity index (χ0) is 4.28. The van der Waals surface area contributed by atoms with Gasteiger partial charge >= 0.3 is 23.1 Å². The maximum absolute atomic E-state index is 9.01. The Labute approximate surface area is 63.3 Å². The van der Waals surface area contributed by atoms with Crippen molar-refractivity contribution in [3.8, 4) is 0 Å². The minimum Gasteiger partial charge on any atom is -1.00 e. The molecule has 0 atom stereocenters. The smallest absolute Gasteiger partial charge is 1.00 e. The average molecular weight is 135 g/mol. The number of aliphatic hydroxyl groups is 1. The molecule has 1 N–H and O–H groups in total. The van der Waals surface area contributed by atoms with Crippen LogP contribution in [0.1, 0.15) is 0 Å². The molecule has 0 rings (SSSR count). The van der Waals surface area contributed by atoms with Gasteiger partial charge in [-0.05, 0) is 0 Å². The predicted octanol–water partition coefficient (Wildman–Crippen LogP) is -5.65. The van der Waals surface area contributed by atoms with Crippen LogP contribution in [0, 0.1) is 0 Å². The van der Waals surface area contributed by atoms with Gasteiger partial charge in [-0.15, -0.1) is 0 Å². The minimum atomic E-state index is -1.44. The van der Waals surface area contributed by atoms with Gasteiger partial charge in [-0.1, -0.05) is 0 Å². The van der Waals surface area contributed by atoms with Gasteiger partial charge < -0.3 is 27.4 Å². The molecule has 7 heavy (non-hydrogen) atoms. The van der Waals surface area contributed by atoms with Crippen molar-refractivity contribution in [3.63, 3.8) is 0 Å². The number of hydrogen-bond donors (Lipinski definition) is 1. The molecular formula is C2H3ClMgO3. The fourth-order valence-corrected chi connectivity index (χ4v) is 0. The van der Waals surface area contributed by atoms with E-state index in [1.165, 1.54) is 0 Å². The van der Waals surface area contributed by atoms with Gasteiger partial charge in [-0.25, -0.2) is 0 Å². The summed E-state index contributed by atoms with van der Waals surface area (Å²) in [6, 6.07) is 0. The number of aliphatic carboxylic acids is 1. The van der Waals surface area contributed by atoms with Crippen LogP contribution in [0.15, 0.2) is 0 Å². The van der Waals surface area contributed by atoms with Gasteiger partial charge in [0.25, 0.3) is 0 Å². The first-order chi connectivity index (χ1) is 2.27. The van der Waals surface area contributed by atoms with Crippen LogP contribution in [-0.4, -0.2) is 40.7 Å². The monoisotopic (exact) mass is 134 g/mol. The summed E-state index contributed by atoms with van der Waals surface area (Å²) in [5, 5.41) is 16.5. The van der Waals surface area contributed by atoms with Crippen molar-refractivity contribution in [3.05, 3.63) is 0 Å². The number of hydrogen-bond acceptors (Lipinski definition) is 3. The Balaban J connectivity index is -0.0000000800. The Morgan fingerprint density at radius 1 is 1.71 bits per heavy atom. The van der Waals surface area contributed by atoms with E-state index in [4.69, 9.17) is 15.0 Å². The topological polar surface area (TPSA) is 60.4 Å². The third-order valence-electron chi connectivity index (χ3n) is 0.129. The zero-order valence-corrected chi connectivity index (χ0v) is 5.73. The van der Waals surface area contributed by atoms with E-state index in [2.05, 4.69) is 0 Å². The fourth-order valence-electron chi connectivity index (χ4n) is 0. The number of carbonyl (C=O) groups excluding carboxylic acids is 1. The van der Waals surface area contributed by atoms with Crippen LogP contribution in [0.4, 0.5) is 0 Å². The van der Waals surface area contributed by atoms with E-state index in [9.17, 15) is 0 Å². The second kappa shape index (κ2) is 9.70. The summed E-state index contributed by atoms with van der Waals surface area (Å²) in [6.45, 7) is -0.889. The van der Waals surface area contributed by atoms with Crippen molar-refractivity contribution in [2.24, 2.45) is 0 Å². The van der Waals surface area contributed by atoms with Crippen LogP contribution in [0.3, 0.4) is 0 Å². The molecule has 0 aromatic rings. The third kappa shape index (κ3) is 21.1. The van der Waals surface area contributed by atoms with Crippen LogP contribution in [-0.2, 0) is 4.79 Å². The van der Waals surface area contributed by atoms with Crippen molar-refractivity contribution in [1.29, 1.82) is 0 Å². The van der Waals surface area contributed by atoms with Gasteiger partial charge in [0.1, 0.15) is 0 Å². The van der Waals surface area contributed by atoms with E-state index in [0.717, 1.165) is 0 Å². The summed E-state index contributed by atoms with van der Waals surface area (Å²) in [6.07, 6.45) is 0. The summed E-state index contributed by atoms with van der Waals surface area (Å²) in [7, 11) is 0. The van der Waals surface area contributed by atoms with Gasteiger partial charge in [0.15, 0.2) is 0 Å². The number of rotatable bonds is 1. The van der Waals surface area contributed by atoms with Gasteiger partial charge in [-0.3, -0.25) is 0 Å². The maximum Gasteiger partial charge on any atom is 2.00 e. The molecule has 0 bridgehead atoms. The first kappa shape index (κ1) is 15.6. The molecule has 0 aliphatic heterocycles. The zero-order valence-electron chi connectivity index (χ0n) is 3.56. The van der Waals surface area contributed by atoms with E-state index < -0.39 is 12.6 Å². The Hall–Kier alpha value is 0.486. The number of carboxylic acids is 1. The normalized spacial score (nSPS) is 5.29. The van der Waals surface area contributed by atoms with Crippen molar-refractivity contribution in [2.45, 2.75) is 0 Å². The van der Waals surface area contributed by atoms with Crippen LogP contribution in [0.25, 0.3) is 0 Å². The van der Waals surface area contributed by atoms with E-state index in [1.807, 2.05) is 0 Å². The molecule has 0 spiro atoms. The molecular weight excluding hydrogens is 132 g/mol. The molecule has 0 aromatic carbocycles. The molecule has 0 aliphatic rings. The van der Waals surface area contributed by atoms with Gasteiger partial charge in [0, 0.05) is 0 Å². The van der Waals surface area contributed by atoms with Crippen LogP contribution in [0.5, 0.6) is 0 Å². The van der Waals surface area contributed by atoms with E-state index in [1.54, 1.807) is 0 Å². The van der Waals surface area contributed by atoms with Crippen LogP contribution < -0.4 is 17.5 Å². The Morgan fingerprint density at radius 3 is 1.86 bits per heavy atom. The number of carbonyl (C=O) groups is 1. The first-order valence-corrected chi connectivity index (χ1v) is 1.08. The molecule has 0 saturated carbocycles. The van der Waals surface area contributed by atoms with Crippen molar-refractivity contribution in [1.82, 2.24) is 0 Å². The SMILES string of the molecule is O=C([O-])CO.[Cl-].[Mg+2]. The van der Waals surface area contributed by atoms with Crippen molar-refractivity contribution in [2.75, 3.05) is 6.61 Å². The third-order valence-corrected chi connectivity index (χ3v) is 0.129. The van der Waals surface area contributed by atoms with E-state index in [-0.39, 0.29) is 35.5 Å². The standard InChI is InChI=1S/C2H4O3.ClH.Mg/c3-1-2(4)5;;/h3H,1H2,(H,4,5);1H;/q;;+2/p-2. The fraction of sp³-hybridized carbons (Fsp3) is 0.500. The average Bonchev–Trinajstić information content (AvgIpc) is 1.38. The molecule has 0 saturated heterocycles. The van der Waals surface area contributed by atoms with Gasteiger partial charge in [-0.2, -0.15) is 0 Å². The molecule has 5 heteroatoms. The molecule has 0 heterocycles. The second-order valence-electron chi connectivity index (χ2n) is 0.530. The Bertz CT molecular complexity index is 48.2. The molecule has 0 radical (unpaired) electrons.